The second-order valence-corrected chi connectivity index (χ2v) is 6.11. The maximum Gasteiger partial charge on any atom is 0.469 e. The van der Waals surface area contributed by atoms with Crippen LogP contribution >= 0.6 is 7.82 Å². The van der Waals surface area contributed by atoms with Crippen molar-refractivity contribution in [3.05, 3.63) is 34.9 Å². The number of phosphoric ester groups is 1. The molecule has 0 bridgehead atoms. The maximum atomic E-state index is 13.8. The lowest BCUT2D eigenvalue weighted by atomic mass is 10.0. The Balaban J connectivity index is 2.10. The largest absolute Gasteiger partial charge is 0.469 e. The van der Waals surface area contributed by atoms with Gasteiger partial charge in [0.1, 0.15) is 17.7 Å². The topological polar surface area (TPSA) is 96.2 Å². The van der Waals surface area contributed by atoms with E-state index in [1.54, 1.807) is 0 Å². The van der Waals surface area contributed by atoms with Gasteiger partial charge < -0.3 is 19.6 Å². The van der Waals surface area contributed by atoms with Crippen LogP contribution in [0.4, 0.5) is 8.78 Å². The molecule has 1 heterocycles. The molecule has 1 fully saturated rings. The van der Waals surface area contributed by atoms with Crippen molar-refractivity contribution in [1.29, 1.82) is 0 Å². The Morgan fingerprint density at radius 2 is 2.05 bits per heavy atom. The van der Waals surface area contributed by atoms with Gasteiger partial charge in [-0.1, -0.05) is 0 Å². The number of aliphatic hydroxyl groups is 1. The lowest BCUT2D eigenvalue weighted by Gasteiger charge is -2.16. The Labute approximate surface area is 119 Å². The van der Waals surface area contributed by atoms with Gasteiger partial charge in [-0.05, 0) is 18.6 Å². The standard InChI is InChI=1S/C12H15F2O6P/c1-6-2-7(9(14)3-8(6)13)11-4-10(15)12(20-11)5-19-21(16,17)18/h2-3,10-12,15H,4-5H2,1H3,(H2,16,17,18)/t10-,11+,12+/m0/s1. The van der Waals surface area contributed by atoms with E-state index in [9.17, 15) is 18.5 Å². The molecule has 6 nitrogen and oxygen atoms in total. The van der Waals surface area contributed by atoms with Crippen molar-refractivity contribution >= 4 is 7.82 Å². The number of hydrogen-bond acceptors (Lipinski definition) is 4. The van der Waals surface area contributed by atoms with Crippen LogP contribution in [-0.4, -0.2) is 33.7 Å². The van der Waals surface area contributed by atoms with Crippen LogP contribution in [0.1, 0.15) is 23.7 Å². The zero-order chi connectivity index (χ0) is 15.8. The van der Waals surface area contributed by atoms with Crippen LogP contribution in [0.5, 0.6) is 0 Å². The third kappa shape index (κ3) is 4.06. The Hall–Kier alpha value is -0.890. The van der Waals surface area contributed by atoms with Gasteiger partial charge in [0.05, 0.1) is 18.8 Å². The van der Waals surface area contributed by atoms with E-state index in [1.165, 1.54) is 13.0 Å². The number of aryl methyl sites for hydroxylation is 1. The summed E-state index contributed by atoms with van der Waals surface area (Å²) < 4.78 is 47.2. The number of hydrogen-bond donors (Lipinski definition) is 3. The summed E-state index contributed by atoms with van der Waals surface area (Å²) in [6, 6.07) is 2.02. The van der Waals surface area contributed by atoms with Gasteiger partial charge >= 0.3 is 7.82 Å². The van der Waals surface area contributed by atoms with Crippen molar-refractivity contribution in [3.63, 3.8) is 0 Å². The molecule has 21 heavy (non-hydrogen) atoms. The molecule has 3 N–H and O–H groups in total. The Morgan fingerprint density at radius 3 is 2.67 bits per heavy atom. The van der Waals surface area contributed by atoms with Gasteiger partial charge in [0.15, 0.2) is 0 Å². The van der Waals surface area contributed by atoms with Crippen LogP contribution < -0.4 is 0 Å². The van der Waals surface area contributed by atoms with Crippen molar-refractivity contribution in [2.24, 2.45) is 0 Å². The average molecular weight is 324 g/mol. The van der Waals surface area contributed by atoms with Crippen LogP contribution in [-0.2, 0) is 13.8 Å². The van der Waals surface area contributed by atoms with E-state index in [1.807, 2.05) is 0 Å². The molecule has 3 atom stereocenters. The van der Waals surface area contributed by atoms with Crippen LogP contribution in [0.25, 0.3) is 0 Å². The summed E-state index contributed by atoms with van der Waals surface area (Å²) in [5.74, 6) is -1.48. The number of phosphoric acid groups is 1. The minimum Gasteiger partial charge on any atom is -0.390 e. The second kappa shape index (κ2) is 6.08. The van der Waals surface area contributed by atoms with E-state index < -0.39 is 44.4 Å². The second-order valence-electron chi connectivity index (χ2n) is 4.88. The molecule has 118 valence electrons. The summed E-state index contributed by atoms with van der Waals surface area (Å²) in [5.41, 5.74) is 0.325. The Bertz CT molecular complexity index is 575. The number of rotatable bonds is 4. The smallest absolute Gasteiger partial charge is 0.390 e. The predicted octanol–water partition coefficient (Wildman–Crippen LogP) is 1.57. The molecule has 0 aromatic heterocycles. The monoisotopic (exact) mass is 324 g/mol. The molecule has 1 saturated heterocycles. The van der Waals surface area contributed by atoms with E-state index >= 15 is 0 Å². The van der Waals surface area contributed by atoms with Crippen LogP contribution in [0.15, 0.2) is 12.1 Å². The molecule has 1 aliphatic rings. The highest BCUT2D eigenvalue weighted by Crippen LogP contribution is 2.40. The molecule has 0 unspecified atom stereocenters. The van der Waals surface area contributed by atoms with E-state index in [4.69, 9.17) is 14.5 Å². The number of benzene rings is 1. The van der Waals surface area contributed by atoms with Crippen molar-refractivity contribution in [2.45, 2.75) is 31.7 Å². The highest BCUT2D eigenvalue weighted by atomic mass is 31.2. The van der Waals surface area contributed by atoms with Gasteiger partial charge in [-0.25, -0.2) is 13.3 Å². The van der Waals surface area contributed by atoms with Crippen molar-refractivity contribution < 1.29 is 37.5 Å². The third-order valence-electron chi connectivity index (χ3n) is 3.26. The summed E-state index contributed by atoms with van der Waals surface area (Å²) in [6.45, 7) is 0.946. The molecule has 2 rings (SSSR count). The molecule has 0 aliphatic carbocycles. The van der Waals surface area contributed by atoms with Crippen LogP contribution in [0, 0.1) is 18.6 Å². The van der Waals surface area contributed by atoms with Crippen molar-refractivity contribution in [1.82, 2.24) is 0 Å². The molecule has 0 radical (unpaired) electrons. The third-order valence-corrected chi connectivity index (χ3v) is 3.74. The van der Waals surface area contributed by atoms with Crippen LogP contribution in [0.3, 0.4) is 0 Å². The summed E-state index contributed by atoms with van der Waals surface area (Å²) >= 11 is 0. The van der Waals surface area contributed by atoms with Gasteiger partial charge in [-0.15, -0.1) is 0 Å². The fourth-order valence-corrected chi connectivity index (χ4v) is 2.52. The minimum atomic E-state index is -4.68. The first-order valence-electron chi connectivity index (χ1n) is 6.16. The summed E-state index contributed by atoms with van der Waals surface area (Å²) in [5, 5.41) is 9.78. The number of ether oxygens (including phenoxy) is 1. The van der Waals surface area contributed by atoms with Gasteiger partial charge in [0, 0.05) is 18.1 Å². The van der Waals surface area contributed by atoms with Crippen molar-refractivity contribution in [2.75, 3.05) is 6.61 Å². The molecule has 0 spiro atoms. The molecular weight excluding hydrogens is 309 g/mol. The SMILES string of the molecule is Cc1cc([C@H]2C[C@H](O)[C@@H](COP(=O)(O)O)O2)c(F)cc1F. The van der Waals surface area contributed by atoms with E-state index in [2.05, 4.69) is 4.52 Å². The number of aliphatic hydroxyl groups excluding tert-OH is 1. The van der Waals surface area contributed by atoms with E-state index in [0.29, 0.717) is 0 Å². The highest BCUT2D eigenvalue weighted by molar-refractivity contribution is 7.46. The molecule has 9 heteroatoms. The fraction of sp³-hybridized carbons (Fsp3) is 0.500. The normalized spacial score (nSPS) is 26.3. The zero-order valence-electron chi connectivity index (χ0n) is 11.1. The first-order valence-corrected chi connectivity index (χ1v) is 7.69. The Morgan fingerprint density at radius 1 is 1.38 bits per heavy atom. The van der Waals surface area contributed by atoms with Gasteiger partial charge in [0.2, 0.25) is 0 Å². The summed E-state index contributed by atoms with van der Waals surface area (Å²) in [4.78, 5) is 17.2. The molecule has 0 saturated carbocycles. The number of halogens is 2. The lowest BCUT2D eigenvalue weighted by Crippen LogP contribution is -2.25. The fourth-order valence-electron chi connectivity index (χ4n) is 2.18. The van der Waals surface area contributed by atoms with Gasteiger partial charge in [-0.2, -0.15) is 0 Å². The maximum absolute atomic E-state index is 13.8. The van der Waals surface area contributed by atoms with E-state index in [0.717, 1.165) is 6.07 Å². The molecular formula is C12H15F2O6P. The average Bonchev–Trinajstić information content (AvgIpc) is 2.72. The van der Waals surface area contributed by atoms with E-state index in [-0.39, 0.29) is 17.5 Å². The zero-order valence-corrected chi connectivity index (χ0v) is 12.0. The molecule has 1 aliphatic heterocycles. The predicted molar refractivity (Wildman–Crippen MR) is 67.3 cm³/mol. The van der Waals surface area contributed by atoms with Crippen molar-refractivity contribution in [3.8, 4) is 0 Å². The summed E-state index contributed by atoms with van der Waals surface area (Å²) in [6.07, 6.45) is -2.86. The molecule has 1 aromatic rings. The Kier molecular flexibility index (Phi) is 4.77. The van der Waals surface area contributed by atoms with Crippen LogP contribution in [0.2, 0.25) is 0 Å². The van der Waals surface area contributed by atoms with Gasteiger partial charge in [-0.3, -0.25) is 4.52 Å². The summed E-state index contributed by atoms with van der Waals surface area (Å²) in [7, 11) is -4.68. The minimum absolute atomic E-state index is 0.0250. The first-order chi connectivity index (χ1) is 9.67. The highest BCUT2D eigenvalue weighted by Gasteiger charge is 2.37. The molecule has 0 amide bonds. The lowest BCUT2D eigenvalue weighted by molar-refractivity contribution is -0.0229. The quantitative estimate of drug-likeness (QED) is 0.728. The molecule has 1 aromatic carbocycles. The van der Waals surface area contributed by atoms with Gasteiger partial charge in [0.25, 0.3) is 0 Å². The first kappa shape index (κ1) is 16.5.